The third-order valence-electron chi connectivity index (χ3n) is 7.02. The third-order valence-corrected chi connectivity index (χ3v) is 7.02. The number of nitrogens with one attached hydrogen (secondary N) is 1. The topological polar surface area (TPSA) is 59.4 Å². The molecular formula is C27H34N4O2. The molecule has 6 nitrogen and oxygen atoms in total. The number of rotatable bonds is 7. The monoisotopic (exact) mass is 446 g/mol. The first kappa shape index (κ1) is 23.1. The second kappa shape index (κ2) is 9.79. The highest BCUT2D eigenvalue weighted by atomic mass is 16.5. The lowest BCUT2D eigenvalue weighted by atomic mass is 9.74. The molecule has 0 spiro atoms. The van der Waals surface area contributed by atoms with Crippen molar-refractivity contribution in [3.8, 4) is 16.9 Å². The zero-order valence-electron chi connectivity index (χ0n) is 20.1. The maximum Gasteiger partial charge on any atom is 0.227 e. The average Bonchev–Trinajstić information content (AvgIpc) is 3.16. The normalized spacial score (nSPS) is 18.8. The van der Waals surface area contributed by atoms with Gasteiger partial charge in [0.15, 0.2) is 0 Å². The molecule has 0 saturated carbocycles. The molecule has 0 unspecified atom stereocenters. The van der Waals surface area contributed by atoms with Crippen LogP contribution in [0.3, 0.4) is 0 Å². The van der Waals surface area contributed by atoms with E-state index in [4.69, 9.17) is 4.74 Å². The Balaban J connectivity index is 1.52. The lowest BCUT2D eigenvalue weighted by molar-refractivity contribution is -0.134. The highest BCUT2D eigenvalue weighted by Gasteiger charge is 2.41. The molecule has 2 aromatic carbocycles. The van der Waals surface area contributed by atoms with Crippen molar-refractivity contribution in [3.63, 3.8) is 0 Å². The molecule has 33 heavy (non-hydrogen) atoms. The number of piperidine rings is 1. The van der Waals surface area contributed by atoms with E-state index < -0.39 is 5.41 Å². The number of aryl methyl sites for hydroxylation is 1. The van der Waals surface area contributed by atoms with Crippen LogP contribution in [0.2, 0.25) is 0 Å². The molecule has 0 radical (unpaired) electrons. The van der Waals surface area contributed by atoms with E-state index in [-0.39, 0.29) is 5.91 Å². The Morgan fingerprint density at radius 1 is 1.12 bits per heavy atom. The molecule has 1 aliphatic heterocycles. The van der Waals surface area contributed by atoms with E-state index in [2.05, 4.69) is 58.6 Å². The SMILES string of the molecule is CNC(=O)[C@@]1(Cc2ccc(-c3ccc(OC)cc3)cc2)CCCN(Cc2cnn(C)c2C)C1. The largest absolute Gasteiger partial charge is 0.497 e. The van der Waals surface area contributed by atoms with Crippen molar-refractivity contribution >= 4 is 5.91 Å². The van der Waals surface area contributed by atoms with Gasteiger partial charge in [-0.05, 0) is 61.6 Å². The van der Waals surface area contributed by atoms with Crippen LogP contribution in [0.4, 0.5) is 0 Å². The lowest BCUT2D eigenvalue weighted by Gasteiger charge is -2.41. The number of amides is 1. The van der Waals surface area contributed by atoms with E-state index in [9.17, 15) is 4.79 Å². The van der Waals surface area contributed by atoms with E-state index in [0.717, 1.165) is 55.8 Å². The average molecular weight is 447 g/mol. The first-order chi connectivity index (χ1) is 15.9. The van der Waals surface area contributed by atoms with Crippen molar-refractivity contribution in [3.05, 3.63) is 71.5 Å². The molecule has 1 fully saturated rings. The lowest BCUT2D eigenvalue weighted by Crippen LogP contribution is -2.52. The van der Waals surface area contributed by atoms with Gasteiger partial charge in [-0.2, -0.15) is 5.10 Å². The van der Waals surface area contributed by atoms with Gasteiger partial charge in [-0.1, -0.05) is 36.4 Å². The van der Waals surface area contributed by atoms with Crippen LogP contribution >= 0.6 is 0 Å². The smallest absolute Gasteiger partial charge is 0.227 e. The molecule has 1 aliphatic rings. The Hall–Kier alpha value is -3.12. The fourth-order valence-corrected chi connectivity index (χ4v) is 4.97. The molecule has 1 N–H and O–H groups in total. The van der Waals surface area contributed by atoms with Gasteiger partial charge in [0.1, 0.15) is 5.75 Å². The molecule has 0 bridgehead atoms. The van der Waals surface area contributed by atoms with E-state index in [1.54, 1.807) is 14.2 Å². The van der Waals surface area contributed by atoms with Crippen LogP contribution in [0.5, 0.6) is 5.75 Å². The molecule has 4 rings (SSSR count). The second-order valence-electron chi connectivity index (χ2n) is 9.15. The van der Waals surface area contributed by atoms with E-state index in [1.807, 2.05) is 30.1 Å². The molecule has 1 aromatic heterocycles. The standard InChI is InChI=1S/C27H34N4O2/c1-20-24(17-29-30(20)3)18-31-15-5-14-27(19-31,26(32)28-2)16-21-6-8-22(9-7-21)23-10-12-25(33-4)13-11-23/h6-13,17H,5,14-16,18-19H2,1-4H3,(H,28,32)/t27-/m1/s1. The summed E-state index contributed by atoms with van der Waals surface area (Å²) < 4.78 is 7.17. The number of hydrogen-bond acceptors (Lipinski definition) is 4. The van der Waals surface area contributed by atoms with Crippen LogP contribution < -0.4 is 10.1 Å². The van der Waals surface area contributed by atoms with Crippen molar-refractivity contribution in [1.82, 2.24) is 20.0 Å². The minimum Gasteiger partial charge on any atom is -0.497 e. The van der Waals surface area contributed by atoms with Gasteiger partial charge >= 0.3 is 0 Å². The summed E-state index contributed by atoms with van der Waals surface area (Å²) >= 11 is 0. The summed E-state index contributed by atoms with van der Waals surface area (Å²) in [5.74, 6) is 0.987. The zero-order valence-corrected chi connectivity index (χ0v) is 20.1. The fraction of sp³-hybridized carbons (Fsp3) is 0.407. The molecule has 174 valence electrons. The molecule has 6 heteroatoms. The van der Waals surface area contributed by atoms with Crippen LogP contribution in [0.25, 0.3) is 11.1 Å². The summed E-state index contributed by atoms with van der Waals surface area (Å²) in [4.78, 5) is 15.6. The molecular weight excluding hydrogens is 412 g/mol. The predicted octanol–water partition coefficient (Wildman–Crippen LogP) is 3.98. The fourth-order valence-electron chi connectivity index (χ4n) is 4.97. The quantitative estimate of drug-likeness (QED) is 0.597. The van der Waals surface area contributed by atoms with Crippen molar-refractivity contribution in [2.24, 2.45) is 12.5 Å². The first-order valence-electron chi connectivity index (χ1n) is 11.6. The maximum absolute atomic E-state index is 13.1. The molecule has 1 amide bonds. The zero-order chi connectivity index (χ0) is 23.4. The Kier molecular flexibility index (Phi) is 6.84. The summed E-state index contributed by atoms with van der Waals surface area (Å²) in [7, 11) is 5.40. The third kappa shape index (κ3) is 4.96. The number of ether oxygens (including phenoxy) is 1. The number of likely N-dealkylation sites (tertiary alicyclic amines) is 1. The van der Waals surface area contributed by atoms with Gasteiger partial charge in [0.25, 0.3) is 0 Å². The van der Waals surface area contributed by atoms with Crippen LogP contribution in [0.15, 0.2) is 54.7 Å². The summed E-state index contributed by atoms with van der Waals surface area (Å²) in [5, 5.41) is 7.33. The van der Waals surface area contributed by atoms with Crippen LogP contribution in [0.1, 0.15) is 29.7 Å². The molecule has 2 heterocycles. The van der Waals surface area contributed by atoms with Crippen molar-refractivity contribution < 1.29 is 9.53 Å². The Morgan fingerprint density at radius 3 is 2.36 bits per heavy atom. The van der Waals surface area contributed by atoms with Gasteiger partial charge in [0.2, 0.25) is 5.91 Å². The van der Waals surface area contributed by atoms with Crippen LogP contribution in [-0.2, 0) is 24.8 Å². The number of carbonyl (C=O) groups excluding carboxylic acids is 1. The first-order valence-corrected chi connectivity index (χ1v) is 11.6. The Labute approximate surface area is 196 Å². The summed E-state index contributed by atoms with van der Waals surface area (Å²) in [6, 6.07) is 16.7. The summed E-state index contributed by atoms with van der Waals surface area (Å²) in [5.41, 5.74) is 5.49. The van der Waals surface area contributed by atoms with Gasteiger partial charge in [0, 0.05) is 38.4 Å². The van der Waals surface area contributed by atoms with Gasteiger partial charge < -0.3 is 10.1 Å². The van der Waals surface area contributed by atoms with Gasteiger partial charge in [-0.15, -0.1) is 0 Å². The molecule has 1 atom stereocenters. The number of hydrogen-bond donors (Lipinski definition) is 1. The summed E-state index contributed by atoms with van der Waals surface area (Å²) in [6.07, 6.45) is 4.59. The number of aromatic nitrogens is 2. The van der Waals surface area contributed by atoms with E-state index >= 15 is 0 Å². The van der Waals surface area contributed by atoms with Crippen molar-refractivity contribution in [2.45, 2.75) is 32.7 Å². The van der Waals surface area contributed by atoms with Gasteiger partial charge in [0.05, 0.1) is 18.7 Å². The number of methoxy groups -OCH3 is 1. The minimum atomic E-state index is -0.426. The summed E-state index contributed by atoms with van der Waals surface area (Å²) in [6.45, 7) is 4.68. The number of benzene rings is 2. The molecule has 3 aromatic rings. The van der Waals surface area contributed by atoms with Crippen molar-refractivity contribution in [1.29, 1.82) is 0 Å². The molecule has 1 saturated heterocycles. The number of carbonyl (C=O) groups is 1. The predicted molar refractivity (Wildman–Crippen MR) is 131 cm³/mol. The van der Waals surface area contributed by atoms with E-state index in [1.165, 1.54) is 16.8 Å². The number of nitrogens with zero attached hydrogens (tertiary/aromatic N) is 3. The van der Waals surface area contributed by atoms with Crippen LogP contribution in [-0.4, -0.2) is 47.8 Å². The van der Waals surface area contributed by atoms with Crippen LogP contribution in [0, 0.1) is 12.3 Å². The molecule has 0 aliphatic carbocycles. The van der Waals surface area contributed by atoms with E-state index in [0.29, 0.717) is 0 Å². The Morgan fingerprint density at radius 2 is 1.79 bits per heavy atom. The Bertz CT molecular complexity index is 1090. The van der Waals surface area contributed by atoms with Gasteiger partial charge in [-0.3, -0.25) is 14.4 Å². The minimum absolute atomic E-state index is 0.134. The highest BCUT2D eigenvalue weighted by Crippen LogP contribution is 2.35. The van der Waals surface area contributed by atoms with Crippen molar-refractivity contribution in [2.75, 3.05) is 27.2 Å². The van der Waals surface area contributed by atoms with Gasteiger partial charge in [-0.25, -0.2) is 0 Å². The highest BCUT2D eigenvalue weighted by molar-refractivity contribution is 5.83. The maximum atomic E-state index is 13.1. The second-order valence-corrected chi connectivity index (χ2v) is 9.15.